The number of aliphatic hydroxyl groups excluding tert-OH is 1. The van der Waals surface area contributed by atoms with Gasteiger partial charge in [0, 0.05) is 19.7 Å². The van der Waals surface area contributed by atoms with Crippen LogP contribution in [0.4, 0.5) is 5.69 Å². The Morgan fingerprint density at radius 1 is 1.69 bits per heavy atom. The maximum Gasteiger partial charge on any atom is 0.285 e. The lowest BCUT2D eigenvalue weighted by Gasteiger charge is -2.33. The van der Waals surface area contributed by atoms with Crippen molar-refractivity contribution in [3.8, 4) is 0 Å². The molecule has 1 fully saturated rings. The summed E-state index contributed by atoms with van der Waals surface area (Å²) in [4.78, 5) is 13.3. The fourth-order valence-electron chi connectivity index (χ4n) is 2.03. The van der Waals surface area contributed by atoms with Crippen molar-refractivity contribution in [2.45, 2.75) is 12.8 Å². The van der Waals surface area contributed by atoms with E-state index < -0.39 is 0 Å². The van der Waals surface area contributed by atoms with Crippen molar-refractivity contribution in [3.05, 3.63) is 21.6 Å². The first kappa shape index (κ1) is 11.4. The van der Waals surface area contributed by atoms with Crippen LogP contribution in [0.2, 0.25) is 5.02 Å². The van der Waals surface area contributed by atoms with Crippen LogP contribution in [-0.4, -0.2) is 35.0 Å². The zero-order valence-corrected chi connectivity index (χ0v) is 9.57. The third-order valence-electron chi connectivity index (χ3n) is 2.90. The number of nitrogens with one attached hydrogen (secondary N) is 1. The van der Waals surface area contributed by atoms with Gasteiger partial charge in [-0.1, -0.05) is 11.6 Å². The summed E-state index contributed by atoms with van der Waals surface area (Å²) >= 11 is 5.93. The third-order valence-corrected chi connectivity index (χ3v) is 3.26. The standard InChI is InChI=1S/C10H14ClN3O2/c11-9-8(4-12-13-10(9)16)14-3-1-2-7(5-14)6-15/h4,7,15H,1-3,5-6H2,(H,13,16)/t7-/m0/s1. The highest BCUT2D eigenvalue weighted by molar-refractivity contribution is 6.32. The molecule has 1 aliphatic heterocycles. The summed E-state index contributed by atoms with van der Waals surface area (Å²) in [5, 5.41) is 15.3. The molecule has 0 aliphatic carbocycles. The van der Waals surface area contributed by atoms with Crippen LogP contribution in [0.25, 0.3) is 0 Å². The van der Waals surface area contributed by atoms with Gasteiger partial charge in [0.15, 0.2) is 0 Å². The molecule has 1 atom stereocenters. The second kappa shape index (κ2) is 4.84. The summed E-state index contributed by atoms with van der Waals surface area (Å²) in [6.45, 7) is 1.74. The minimum Gasteiger partial charge on any atom is -0.396 e. The fraction of sp³-hybridized carbons (Fsp3) is 0.600. The van der Waals surface area contributed by atoms with E-state index in [-0.39, 0.29) is 23.1 Å². The topological polar surface area (TPSA) is 69.2 Å². The van der Waals surface area contributed by atoms with Gasteiger partial charge in [0.25, 0.3) is 5.56 Å². The summed E-state index contributed by atoms with van der Waals surface area (Å²) in [6.07, 6.45) is 3.57. The highest BCUT2D eigenvalue weighted by Gasteiger charge is 2.21. The number of hydrogen-bond acceptors (Lipinski definition) is 4. The Morgan fingerprint density at radius 2 is 2.50 bits per heavy atom. The molecule has 1 saturated heterocycles. The predicted molar refractivity (Wildman–Crippen MR) is 61.9 cm³/mol. The predicted octanol–water partition coefficient (Wildman–Crippen LogP) is 0.632. The molecule has 2 N–H and O–H groups in total. The summed E-state index contributed by atoms with van der Waals surface area (Å²) in [5.74, 6) is 0.254. The van der Waals surface area contributed by atoms with Crippen LogP contribution in [-0.2, 0) is 0 Å². The number of piperidine rings is 1. The third kappa shape index (κ3) is 2.20. The lowest BCUT2D eigenvalue weighted by molar-refractivity contribution is 0.208. The number of nitrogens with zero attached hydrogens (tertiary/aromatic N) is 2. The van der Waals surface area contributed by atoms with Crippen LogP contribution < -0.4 is 10.5 Å². The molecule has 0 radical (unpaired) electrons. The minimum absolute atomic E-state index is 0.171. The molecule has 1 aliphatic rings. The Labute approximate surface area is 98.0 Å². The van der Waals surface area contributed by atoms with E-state index in [2.05, 4.69) is 10.2 Å². The molecule has 88 valence electrons. The van der Waals surface area contributed by atoms with E-state index >= 15 is 0 Å². The van der Waals surface area contributed by atoms with Crippen LogP contribution in [0.5, 0.6) is 0 Å². The molecule has 0 bridgehead atoms. The van der Waals surface area contributed by atoms with Gasteiger partial charge in [-0.2, -0.15) is 5.10 Å². The number of hydrogen-bond donors (Lipinski definition) is 2. The minimum atomic E-state index is -0.370. The SMILES string of the molecule is O=c1[nH]ncc(N2CCC[C@H](CO)C2)c1Cl. The van der Waals surface area contributed by atoms with Gasteiger partial charge < -0.3 is 10.0 Å². The number of aromatic amines is 1. The molecule has 0 unspecified atom stereocenters. The number of H-pyrrole nitrogens is 1. The van der Waals surface area contributed by atoms with E-state index in [1.807, 2.05) is 4.90 Å². The van der Waals surface area contributed by atoms with Crippen molar-refractivity contribution in [2.24, 2.45) is 5.92 Å². The average Bonchev–Trinajstić information content (AvgIpc) is 2.33. The molecule has 0 spiro atoms. The van der Waals surface area contributed by atoms with E-state index in [4.69, 9.17) is 16.7 Å². The number of rotatable bonds is 2. The van der Waals surface area contributed by atoms with Crippen LogP contribution in [0, 0.1) is 5.92 Å². The van der Waals surface area contributed by atoms with Crippen molar-refractivity contribution in [2.75, 3.05) is 24.6 Å². The number of halogens is 1. The molecule has 1 aromatic rings. The fourth-order valence-corrected chi connectivity index (χ4v) is 2.24. The van der Waals surface area contributed by atoms with E-state index in [1.165, 1.54) is 0 Å². The van der Waals surface area contributed by atoms with Crippen LogP contribution in [0.15, 0.2) is 11.0 Å². The molecule has 2 heterocycles. The van der Waals surface area contributed by atoms with E-state index in [0.717, 1.165) is 25.9 Å². The smallest absolute Gasteiger partial charge is 0.285 e. The first-order chi connectivity index (χ1) is 7.72. The van der Waals surface area contributed by atoms with Crippen molar-refractivity contribution >= 4 is 17.3 Å². The Kier molecular flexibility index (Phi) is 3.46. The van der Waals surface area contributed by atoms with Gasteiger partial charge >= 0.3 is 0 Å². The first-order valence-electron chi connectivity index (χ1n) is 5.31. The Morgan fingerprint density at radius 3 is 3.25 bits per heavy atom. The largest absolute Gasteiger partial charge is 0.396 e. The average molecular weight is 244 g/mol. The number of aromatic nitrogens is 2. The zero-order valence-electron chi connectivity index (χ0n) is 8.82. The molecular formula is C10H14ClN3O2. The lowest BCUT2D eigenvalue weighted by atomic mass is 9.99. The first-order valence-corrected chi connectivity index (χ1v) is 5.69. The highest BCUT2D eigenvalue weighted by Crippen LogP contribution is 2.26. The van der Waals surface area contributed by atoms with Gasteiger partial charge in [-0.3, -0.25) is 4.79 Å². The summed E-state index contributed by atoms with van der Waals surface area (Å²) in [7, 11) is 0. The second-order valence-electron chi connectivity index (χ2n) is 4.04. The molecule has 0 saturated carbocycles. The molecule has 16 heavy (non-hydrogen) atoms. The highest BCUT2D eigenvalue weighted by atomic mass is 35.5. The lowest BCUT2D eigenvalue weighted by Crippen LogP contribution is -2.37. The molecule has 6 heteroatoms. The normalized spacial score (nSPS) is 21.1. The molecule has 2 rings (SSSR count). The van der Waals surface area contributed by atoms with Crippen molar-refractivity contribution in [1.29, 1.82) is 0 Å². The van der Waals surface area contributed by atoms with E-state index in [1.54, 1.807) is 6.20 Å². The summed E-state index contributed by atoms with van der Waals surface area (Å²) in [5.41, 5.74) is 0.286. The molecule has 5 nitrogen and oxygen atoms in total. The Bertz CT molecular complexity index is 421. The monoisotopic (exact) mass is 243 g/mol. The maximum absolute atomic E-state index is 11.3. The summed E-state index contributed by atoms with van der Waals surface area (Å²) < 4.78 is 0. The van der Waals surface area contributed by atoms with Gasteiger partial charge in [-0.15, -0.1) is 0 Å². The number of anilines is 1. The van der Waals surface area contributed by atoms with Gasteiger partial charge in [-0.25, -0.2) is 5.10 Å². The number of aliphatic hydroxyl groups is 1. The van der Waals surface area contributed by atoms with Crippen molar-refractivity contribution < 1.29 is 5.11 Å². The molecular weight excluding hydrogens is 230 g/mol. The van der Waals surface area contributed by atoms with Crippen molar-refractivity contribution in [1.82, 2.24) is 10.2 Å². The second-order valence-corrected chi connectivity index (χ2v) is 4.41. The van der Waals surface area contributed by atoms with Crippen LogP contribution in [0.1, 0.15) is 12.8 Å². The molecule has 0 aromatic carbocycles. The van der Waals surface area contributed by atoms with Gasteiger partial charge in [0.2, 0.25) is 0 Å². The van der Waals surface area contributed by atoms with E-state index in [0.29, 0.717) is 5.69 Å². The Balaban J connectivity index is 2.23. The van der Waals surface area contributed by atoms with Gasteiger partial charge in [-0.05, 0) is 18.8 Å². The molecule has 0 amide bonds. The Hall–Kier alpha value is -1.07. The maximum atomic E-state index is 11.3. The van der Waals surface area contributed by atoms with Gasteiger partial charge in [0.05, 0.1) is 11.9 Å². The van der Waals surface area contributed by atoms with Crippen molar-refractivity contribution in [3.63, 3.8) is 0 Å². The van der Waals surface area contributed by atoms with Crippen LogP contribution in [0.3, 0.4) is 0 Å². The van der Waals surface area contributed by atoms with Gasteiger partial charge in [0.1, 0.15) is 5.02 Å². The summed E-state index contributed by atoms with van der Waals surface area (Å²) in [6, 6.07) is 0. The molecule has 1 aromatic heterocycles. The zero-order chi connectivity index (χ0) is 11.5. The van der Waals surface area contributed by atoms with E-state index in [9.17, 15) is 4.79 Å². The van der Waals surface area contributed by atoms with Crippen LogP contribution >= 0.6 is 11.6 Å². The quantitative estimate of drug-likeness (QED) is 0.800.